The molecule has 0 atom stereocenters. The smallest absolute Gasteiger partial charge is 0.416 e. The normalized spacial score (nSPS) is 10.7. The summed E-state index contributed by atoms with van der Waals surface area (Å²) in [7, 11) is 1.53. The van der Waals surface area contributed by atoms with Crippen molar-refractivity contribution in [2.24, 2.45) is 16.0 Å². The van der Waals surface area contributed by atoms with Crippen LogP contribution in [0.1, 0.15) is 5.56 Å². The molecular weight excluding hydrogens is 454 g/mol. The van der Waals surface area contributed by atoms with E-state index in [9.17, 15) is 14.7 Å². The van der Waals surface area contributed by atoms with E-state index in [1.165, 1.54) is 18.0 Å². The van der Waals surface area contributed by atoms with Crippen molar-refractivity contribution in [1.82, 2.24) is 4.98 Å². The number of hydrogen-bond donors (Lipinski definition) is 4. The number of carbonyl (C=O) groups excluding carboxylic acids is 2. The number of hydrogen-bond acceptors (Lipinski definition) is 10. The van der Waals surface area contributed by atoms with Crippen LogP contribution in [0.4, 0.5) is 33.5 Å². The van der Waals surface area contributed by atoms with E-state index in [1.807, 2.05) is 0 Å². The molecule has 0 spiro atoms. The average molecular weight is 479 g/mol. The molecule has 1 aromatic heterocycles. The first-order chi connectivity index (χ1) is 16.9. The maximum Gasteiger partial charge on any atom is 0.416 e. The van der Waals surface area contributed by atoms with Gasteiger partial charge in [0.1, 0.15) is 17.2 Å². The van der Waals surface area contributed by atoms with Crippen molar-refractivity contribution in [2.75, 3.05) is 36.3 Å². The van der Waals surface area contributed by atoms with E-state index >= 15 is 0 Å². The summed E-state index contributed by atoms with van der Waals surface area (Å²) in [6.07, 6.45) is -0.661. The highest BCUT2D eigenvalue weighted by Crippen LogP contribution is 2.30. The standard InChI is InChI=1S/C23H25N7O5/c1-30(18-8-4-2-6-15(18)13-31)23(33)35-14-34-19-9-5-3-7-16(19)28-29-17-10-11-20(27-22(17)25)26-21(32)12-24/h2-11,31H,12-14,24H2,1H3,(H3,25,26,27,32). The van der Waals surface area contributed by atoms with Crippen molar-refractivity contribution in [3.05, 3.63) is 66.2 Å². The van der Waals surface area contributed by atoms with Gasteiger partial charge in [-0.3, -0.25) is 9.69 Å². The summed E-state index contributed by atoms with van der Waals surface area (Å²) in [5.74, 6) is 0.221. The number of azo groups is 1. The van der Waals surface area contributed by atoms with Gasteiger partial charge in [-0.25, -0.2) is 9.78 Å². The number of nitrogen functional groups attached to an aromatic ring is 1. The number of aromatic nitrogens is 1. The molecule has 0 saturated carbocycles. The maximum atomic E-state index is 12.4. The van der Waals surface area contributed by atoms with Crippen LogP contribution in [-0.4, -0.2) is 42.5 Å². The van der Waals surface area contributed by atoms with Gasteiger partial charge in [-0.05, 0) is 30.3 Å². The summed E-state index contributed by atoms with van der Waals surface area (Å²) in [4.78, 5) is 29.1. The summed E-state index contributed by atoms with van der Waals surface area (Å²) in [6, 6.07) is 16.7. The minimum Gasteiger partial charge on any atom is -0.455 e. The van der Waals surface area contributed by atoms with Crippen LogP contribution in [0.5, 0.6) is 5.75 Å². The van der Waals surface area contributed by atoms with E-state index < -0.39 is 12.0 Å². The number of aliphatic hydroxyl groups is 1. The number of benzene rings is 2. The zero-order valence-electron chi connectivity index (χ0n) is 18.9. The SMILES string of the molecule is CN(C(=O)OCOc1ccccc1N=Nc1ccc(NC(=O)CN)nc1N)c1ccccc1CO. The molecule has 2 aromatic carbocycles. The summed E-state index contributed by atoms with van der Waals surface area (Å²) in [5.41, 5.74) is 12.9. The van der Waals surface area contributed by atoms with Gasteiger partial charge in [-0.2, -0.15) is 0 Å². The summed E-state index contributed by atoms with van der Waals surface area (Å²) < 4.78 is 10.8. The number of aliphatic hydroxyl groups excluding tert-OH is 1. The number of ether oxygens (including phenoxy) is 2. The third-order valence-electron chi connectivity index (χ3n) is 4.68. The topological polar surface area (TPSA) is 178 Å². The van der Waals surface area contributed by atoms with Crippen LogP contribution in [0.25, 0.3) is 0 Å². The first kappa shape index (κ1) is 25.1. The Hall–Kier alpha value is -4.55. The zero-order valence-corrected chi connectivity index (χ0v) is 18.9. The molecule has 0 aliphatic carbocycles. The number of pyridine rings is 1. The second-order valence-corrected chi connectivity index (χ2v) is 7.04. The third-order valence-corrected chi connectivity index (χ3v) is 4.68. The highest BCUT2D eigenvalue weighted by atomic mass is 16.7. The van der Waals surface area contributed by atoms with Gasteiger partial charge in [0, 0.05) is 12.6 Å². The monoisotopic (exact) mass is 479 g/mol. The Balaban J connectivity index is 1.63. The number of amides is 2. The Bertz CT molecular complexity index is 1220. The molecule has 3 aromatic rings. The van der Waals surface area contributed by atoms with E-state index in [0.717, 1.165) is 0 Å². The van der Waals surface area contributed by atoms with Gasteiger partial charge < -0.3 is 31.4 Å². The predicted molar refractivity (Wildman–Crippen MR) is 130 cm³/mol. The molecule has 0 aliphatic heterocycles. The number of nitrogens with zero attached hydrogens (tertiary/aromatic N) is 4. The minimum atomic E-state index is -0.661. The van der Waals surface area contributed by atoms with Crippen LogP contribution in [0.15, 0.2) is 70.9 Å². The second kappa shape index (κ2) is 12.1. The largest absolute Gasteiger partial charge is 0.455 e. The summed E-state index contributed by atoms with van der Waals surface area (Å²) >= 11 is 0. The lowest BCUT2D eigenvalue weighted by Crippen LogP contribution is -2.29. The summed E-state index contributed by atoms with van der Waals surface area (Å²) in [5, 5.41) is 20.2. The lowest BCUT2D eigenvalue weighted by molar-refractivity contribution is -0.114. The van der Waals surface area contributed by atoms with Crippen LogP contribution in [0.2, 0.25) is 0 Å². The van der Waals surface area contributed by atoms with Crippen LogP contribution < -0.4 is 26.4 Å². The summed E-state index contributed by atoms with van der Waals surface area (Å²) in [6.45, 7) is -0.772. The van der Waals surface area contributed by atoms with Gasteiger partial charge in [0.15, 0.2) is 11.6 Å². The van der Waals surface area contributed by atoms with E-state index in [1.54, 1.807) is 54.6 Å². The minimum absolute atomic E-state index is 0.0575. The fourth-order valence-electron chi connectivity index (χ4n) is 2.90. The number of carbonyl (C=O) groups is 2. The molecule has 0 aliphatic rings. The van der Waals surface area contributed by atoms with Gasteiger partial charge >= 0.3 is 6.09 Å². The maximum absolute atomic E-state index is 12.4. The molecule has 12 nitrogen and oxygen atoms in total. The highest BCUT2D eigenvalue weighted by Gasteiger charge is 2.15. The van der Waals surface area contributed by atoms with Gasteiger partial charge in [0.05, 0.1) is 18.8 Å². The first-order valence-electron chi connectivity index (χ1n) is 10.4. The van der Waals surface area contributed by atoms with E-state index in [2.05, 4.69) is 20.5 Å². The molecular formula is C23H25N7O5. The first-order valence-corrected chi connectivity index (χ1v) is 10.4. The molecule has 0 radical (unpaired) electrons. The van der Waals surface area contributed by atoms with E-state index in [0.29, 0.717) is 22.7 Å². The molecule has 0 saturated heterocycles. The van der Waals surface area contributed by atoms with Gasteiger partial charge in [0.25, 0.3) is 0 Å². The predicted octanol–water partition coefficient (Wildman–Crippen LogP) is 3.08. The molecule has 3 rings (SSSR count). The lowest BCUT2D eigenvalue weighted by atomic mass is 10.2. The fraction of sp³-hybridized carbons (Fsp3) is 0.174. The van der Waals surface area contributed by atoms with Crippen LogP contribution in [0.3, 0.4) is 0 Å². The second-order valence-electron chi connectivity index (χ2n) is 7.04. The van der Waals surface area contributed by atoms with Crippen molar-refractivity contribution in [1.29, 1.82) is 0 Å². The molecule has 0 bridgehead atoms. The Labute approximate surface area is 201 Å². The van der Waals surface area contributed by atoms with Crippen molar-refractivity contribution in [3.8, 4) is 5.75 Å². The van der Waals surface area contributed by atoms with Gasteiger partial charge in [-0.1, -0.05) is 30.3 Å². The Kier molecular flexibility index (Phi) is 8.65. The Morgan fingerprint density at radius 3 is 2.51 bits per heavy atom. The number of rotatable bonds is 9. The number of nitrogens with one attached hydrogen (secondary N) is 1. The van der Waals surface area contributed by atoms with Crippen molar-refractivity contribution in [3.63, 3.8) is 0 Å². The molecule has 182 valence electrons. The Morgan fingerprint density at radius 2 is 1.77 bits per heavy atom. The highest BCUT2D eigenvalue weighted by molar-refractivity contribution is 5.91. The fourth-order valence-corrected chi connectivity index (χ4v) is 2.90. The number of nitrogens with two attached hydrogens (primary N) is 2. The van der Waals surface area contributed by atoms with E-state index in [4.69, 9.17) is 20.9 Å². The van der Waals surface area contributed by atoms with Crippen molar-refractivity contribution >= 4 is 40.7 Å². The quantitative estimate of drug-likeness (QED) is 0.267. The van der Waals surface area contributed by atoms with E-state index in [-0.39, 0.29) is 37.3 Å². The molecule has 12 heteroatoms. The molecule has 1 heterocycles. The number of anilines is 3. The number of para-hydroxylation sites is 2. The molecule has 0 fully saturated rings. The molecule has 35 heavy (non-hydrogen) atoms. The lowest BCUT2D eigenvalue weighted by Gasteiger charge is -2.19. The van der Waals surface area contributed by atoms with Gasteiger partial charge in [-0.15, -0.1) is 10.2 Å². The van der Waals surface area contributed by atoms with Crippen LogP contribution >= 0.6 is 0 Å². The Morgan fingerprint density at radius 1 is 1.06 bits per heavy atom. The molecule has 6 N–H and O–H groups in total. The molecule has 2 amide bonds. The van der Waals surface area contributed by atoms with Crippen LogP contribution in [-0.2, 0) is 16.1 Å². The van der Waals surface area contributed by atoms with Crippen molar-refractivity contribution in [2.45, 2.75) is 6.61 Å². The molecule has 0 unspecified atom stereocenters. The van der Waals surface area contributed by atoms with Gasteiger partial charge in [0.2, 0.25) is 12.7 Å². The van der Waals surface area contributed by atoms with Crippen molar-refractivity contribution < 1.29 is 24.2 Å². The van der Waals surface area contributed by atoms with Crippen LogP contribution in [0, 0.1) is 0 Å². The average Bonchev–Trinajstić information content (AvgIpc) is 2.88. The zero-order chi connectivity index (χ0) is 25.2. The third kappa shape index (κ3) is 6.72.